The first-order valence-electron chi connectivity index (χ1n) is 16.5. The largest absolute Gasteiger partial charge is 0.444 e. The number of aliphatic hydroxyl groups is 1. The molecule has 0 radical (unpaired) electrons. The van der Waals surface area contributed by atoms with Crippen LogP contribution in [0.3, 0.4) is 0 Å². The molecule has 3 aromatic rings. The van der Waals surface area contributed by atoms with E-state index in [1.54, 1.807) is 11.1 Å². The van der Waals surface area contributed by atoms with Crippen molar-refractivity contribution in [3.63, 3.8) is 0 Å². The van der Waals surface area contributed by atoms with Crippen LogP contribution in [0.2, 0.25) is 5.02 Å². The van der Waals surface area contributed by atoms with Crippen LogP contribution in [0, 0.1) is 5.92 Å². The Morgan fingerprint density at radius 2 is 1.84 bits per heavy atom. The molecule has 244 valence electrons. The van der Waals surface area contributed by atoms with E-state index < -0.39 is 11.2 Å². The predicted molar refractivity (Wildman–Crippen MR) is 179 cm³/mol. The smallest absolute Gasteiger partial charge is 0.410 e. The minimum Gasteiger partial charge on any atom is -0.444 e. The molecule has 2 aromatic heterocycles. The summed E-state index contributed by atoms with van der Waals surface area (Å²) in [6, 6.07) is 8.48. The quantitative estimate of drug-likeness (QED) is 0.292. The Bertz CT molecular complexity index is 1460. The predicted octanol–water partition coefficient (Wildman–Crippen LogP) is 5.63. The average Bonchev–Trinajstić information content (AvgIpc) is 3.64. The Hall–Kier alpha value is -2.92. The topological polar surface area (TPSA) is 110 Å². The normalized spacial score (nSPS) is 21.8. The number of β-amino-alcohol motifs (C(OH)–C–C–N with tert-alkyl or cyclic N) is 1. The summed E-state index contributed by atoms with van der Waals surface area (Å²) in [6.45, 7) is 12.7. The number of aromatic amines is 1. The number of hydrogen-bond donors (Lipinski definition) is 3. The molecule has 11 heteroatoms. The van der Waals surface area contributed by atoms with Gasteiger partial charge in [-0.25, -0.2) is 14.8 Å². The van der Waals surface area contributed by atoms with Gasteiger partial charge in [0.15, 0.2) is 0 Å². The van der Waals surface area contributed by atoms with Gasteiger partial charge in [0.1, 0.15) is 5.60 Å². The Balaban J connectivity index is 0.914. The number of benzene rings is 1. The SMILES string of the molecule is CC(C)(C)OC(=O)N1CCC(O)(CN2CCC(CCN3CC[C@@H](Nc4ncc(Cl)c(-c5c[nH]c6ccccc56)n4)C3)CC2)CC1. The molecule has 0 saturated carbocycles. The van der Waals surface area contributed by atoms with Crippen LogP contribution < -0.4 is 5.32 Å². The van der Waals surface area contributed by atoms with Crippen molar-refractivity contribution in [1.29, 1.82) is 0 Å². The number of hydrogen-bond acceptors (Lipinski definition) is 8. The average molecular weight is 638 g/mol. The standard InChI is InChI=1S/C34H48ClN7O3/c1-33(2,3)45-32(43)42-18-12-34(44,13-19-42)23-41-15-9-24(10-16-41)8-14-40-17-11-25(22-40)38-31-37-21-28(35)30(39-31)27-20-36-29-7-5-4-6-26(27)29/h4-7,20-21,24-25,36,44H,8-19,22-23H2,1-3H3,(H,37,38,39)/t25-/m1/s1. The number of aromatic nitrogens is 3. The third kappa shape index (κ3) is 8.09. The lowest BCUT2D eigenvalue weighted by Crippen LogP contribution is -2.53. The molecule has 3 saturated heterocycles. The molecule has 1 aromatic carbocycles. The van der Waals surface area contributed by atoms with Gasteiger partial charge in [0.05, 0.1) is 22.5 Å². The number of nitrogens with zero attached hydrogens (tertiary/aromatic N) is 5. The van der Waals surface area contributed by atoms with Gasteiger partial charge in [0, 0.05) is 61.4 Å². The Labute approximate surface area is 271 Å². The van der Waals surface area contributed by atoms with E-state index in [-0.39, 0.29) is 6.09 Å². The number of likely N-dealkylation sites (tertiary alicyclic amines) is 3. The second-order valence-corrected chi connectivity index (χ2v) is 14.7. The maximum atomic E-state index is 12.4. The summed E-state index contributed by atoms with van der Waals surface area (Å²) in [7, 11) is 0. The van der Waals surface area contributed by atoms with E-state index in [4.69, 9.17) is 21.3 Å². The van der Waals surface area contributed by atoms with Crippen LogP contribution >= 0.6 is 11.6 Å². The summed E-state index contributed by atoms with van der Waals surface area (Å²) in [5.41, 5.74) is 1.55. The van der Waals surface area contributed by atoms with Gasteiger partial charge in [0.25, 0.3) is 0 Å². The van der Waals surface area contributed by atoms with Crippen molar-refractivity contribution in [3.05, 3.63) is 41.7 Å². The highest BCUT2D eigenvalue weighted by Gasteiger charge is 2.37. The third-order valence-corrected chi connectivity index (χ3v) is 9.90. The number of H-pyrrole nitrogens is 1. The van der Waals surface area contributed by atoms with Crippen LogP contribution in [0.15, 0.2) is 36.7 Å². The molecular weight excluding hydrogens is 590 g/mol. The van der Waals surface area contributed by atoms with Gasteiger partial charge in [0.2, 0.25) is 5.95 Å². The second-order valence-electron chi connectivity index (χ2n) is 14.3. The molecule has 0 unspecified atom stereocenters. The molecule has 45 heavy (non-hydrogen) atoms. The van der Waals surface area contributed by atoms with Crippen molar-refractivity contribution >= 4 is 34.5 Å². The highest BCUT2D eigenvalue weighted by Crippen LogP contribution is 2.33. The molecule has 1 amide bonds. The Kier molecular flexibility index (Phi) is 9.57. The van der Waals surface area contributed by atoms with E-state index in [0.717, 1.165) is 67.2 Å². The summed E-state index contributed by atoms with van der Waals surface area (Å²) < 4.78 is 5.51. The molecular formula is C34H48ClN7O3. The first-order chi connectivity index (χ1) is 21.5. The highest BCUT2D eigenvalue weighted by molar-refractivity contribution is 6.33. The first kappa shape index (κ1) is 32.0. The van der Waals surface area contributed by atoms with E-state index in [9.17, 15) is 9.90 Å². The van der Waals surface area contributed by atoms with Crippen molar-refractivity contribution in [2.45, 2.75) is 76.5 Å². The Morgan fingerprint density at radius 3 is 2.60 bits per heavy atom. The zero-order valence-electron chi connectivity index (χ0n) is 26.9. The van der Waals surface area contributed by atoms with E-state index >= 15 is 0 Å². The third-order valence-electron chi connectivity index (χ3n) is 9.62. The zero-order valence-corrected chi connectivity index (χ0v) is 27.7. The highest BCUT2D eigenvalue weighted by atomic mass is 35.5. The second kappa shape index (κ2) is 13.4. The molecule has 3 aliphatic rings. The molecule has 5 heterocycles. The van der Waals surface area contributed by atoms with Crippen molar-refractivity contribution < 1.29 is 14.6 Å². The van der Waals surface area contributed by atoms with Crippen LogP contribution in [0.5, 0.6) is 0 Å². The number of fused-ring (bicyclic) bond motifs is 1. The van der Waals surface area contributed by atoms with Crippen molar-refractivity contribution in [2.75, 3.05) is 57.7 Å². The fourth-order valence-corrected chi connectivity index (χ4v) is 7.23. The number of ether oxygens (including phenoxy) is 1. The summed E-state index contributed by atoms with van der Waals surface area (Å²) in [5.74, 6) is 1.34. The molecule has 3 N–H and O–H groups in total. The number of para-hydroxylation sites is 1. The number of rotatable bonds is 8. The lowest BCUT2D eigenvalue weighted by atomic mass is 9.88. The fraction of sp³-hybridized carbons (Fsp3) is 0.618. The lowest BCUT2D eigenvalue weighted by molar-refractivity contribution is -0.0544. The van der Waals surface area contributed by atoms with E-state index in [1.807, 2.05) is 39.1 Å². The maximum absolute atomic E-state index is 12.4. The van der Waals surface area contributed by atoms with Crippen molar-refractivity contribution in [1.82, 2.24) is 29.7 Å². The fourth-order valence-electron chi connectivity index (χ4n) is 7.03. The molecule has 3 fully saturated rings. The minimum absolute atomic E-state index is 0.278. The molecule has 0 aliphatic carbocycles. The molecule has 3 aliphatic heterocycles. The number of nitrogens with one attached hydrogen (secondary N) is 2. The number of piperidine rings is 2. The molecule has 6 rings (SSSR count). The summed E-state index contributed by atoms with van der Waals surface area (Å²) in [4.78, 5) is 31.7. The van der Waals surface area contributed by atoms with Gasteiger partial charge >= 0.3 is 6.09 Å². The van der Waals surface area contributed by atoms with Gasteiger partial charge < -0.3 is 34.8 Å². The maximum Gasteiger partial charge on any atom is 0.410 e. The summed E-state index contributed by atoms with van der Waals surface area (Å²) in [5, 5.41) is 16.5. The number of anilines is 1. The van der Waals surface area contributed by atoms with Gasteiger partial charge in [-0.15, -0.1) is 0 Å². The number of carbonyl (C=O) groups excluding carboxylic acids is 1. The first-order valence-corrected chi connectivity index (χ1v) is 16.9. The molecule has 0 bridgehead atoms. The van der Waals surface area contributed by atoms with Gasteiger partial charge in [-0.2, -0.15) is 0 Å². The van der Waals surface area contributed by atoms with E-state index in [1.165, 1.54) is 19.3 Å². The monoisotopic (exact) mass is 637 g/mol. The van der Waals surface area contributed by atoms with Crippen LogP contribution in [0.4, 0.5) is 10.7 Å². The van der Waals surface area contributed by atoms with Crippen molar-refractivity contribution in [2.24, 2.45) is 5.92 Å². The molecule has 0 spiro atoms. The van der Waals surface area contributed by atoms with Crippen LogP contribution in [0.25, 0.3) is 22.2 Å². The lowest BCUT2D eigenvalue weighted by Gasteiger charge is -2.42. The minimum atomic E-state index is -0.729. The Morgan fingerprint density at radius 1 is 1.11 bits per heavy atom. The van der Waals surface area contributed by atoms with Gasteiger partial charge in [-0.1, -0.05) is 29.8 Å². The van der Waals surface area contributed by atoms with Crippen LogP contribution in [-0.2, 0) is 4.74 Å². The van der Waals surface area contributed by atoms with Gasteiger partial charge in [-0.3, -0.25) is 0 Å². The van der Waals surface area contributed by atoms with Crippen LogP contribution in [0.1, 0.15) is 59.3 Å². The van der Waals surface area contributed by atoms with Gasteiger partial charge in [-0.05, 0) is 90.9 Å². The number of halogens is 1. The van der Waals surface area contributed by atoms with E-state index in [2.05, 4.69) is 37.2 Å². The zero-order chi connectivity index (χ0) is 31.6. The number of amides is 1. The van der Waals surface area contributed by atoms with Crippen LogP contribution in [-0.4, -0.2) is 110 Å². The molecule has 10 nitrogen and oxygen atoms in total. The van der Waals surface area contributed by atoms with Crippen molar-refractivity contribution in [3.8, 4) is 11.3 Å². The summed E-state index contributed by atoms with van der Waals surface area (Å²) in [6.07, 6.45) is 9.19. The summed E-state index contributed by atoms with van der Waals surface area (Å²) >= 11 is 6.53. The van der Waals surface area contributed by atoms with E-state index in [0.29, 0.717) is 49.5 Å². The number of carbonyl (C=O) groups is 1. The molecule has 1 atom stereocenters.